The fourth-order valence-electron chi connectivity index (χ4n) is 5.18. The predicted molar refractivity (Wildman–Crippen MR) is 141 cm³/mol. The van der Waals surface area contributed by atoms with Crippen molar-refractivity contribution in [2.45, 2.75) is 114 Å². The first kappa shape index (κ1) is 30.4. The van der Waals surface area contributed by atoms with Crippen LogP contribution in [0.3, 0.4) is 0 Å². The highest BCUT2D eigenvalue weighted by Crippen LogP contribution is 2.61. The first-order valence-electron chi connectivity index (χ1n) is 13.4. The summed E-state index contributed by atoms with van der Waals surface area (Å²) in [5, 5.41) is 0. The second-order valence-corrected chi connectivity index (χ2v) is 13.4. The van der Waals surface area contributed by atoms with E-state index in [1.165, 1.54) is 0 Å². The van der Waals surface area contributed by atoms with Gasteiger partial charge in [0.2, 0.25) is 0 Å². The molecule has 0 heterocycles. The van der Waals surface area contributed by atoms with Gasteiger partial charge in [-0.3, -0.25) is 0 Å². The van der Waals surface area contributed by atoms with Gasteiger partial charge in [-0.2, -0.15) is 35.1 Å². The van der Waals surface area contributed by atoms with Crippen molar-refractivity contribution < 1.29 is 35.1 Å². The van der Waals surface area contributed by atoms with Crippen LogP contribution in [0.5, 0.6) is 0 Å². The third-order valence-corrected chi connectivity index (χ3v) is 7.98. The lowest BCUT2D eigenvalue weighted by atomic mass is 9.79. The fraction of sp³-hybridized carbons (Fsp3) is 0.600. The molecule has 2 aromatic rings. The molecule has 4 rings (SSSR count). The molecule has 2 aromatic carbocycles. The van der Waals surface area contributed by atoms with Gasteiger partial charge in [-0.15, -0.1) is 0 Å². The van der Waals surface area contributed by atoms with Gasteiger partial charge in [0.05, 0.1) is 0 Å². The van der Waals surface area contributed by atoms with E-state index in [1.807, 2.05) is 0 Å². The Morgan fingerprint density at radius 2 is 0.800 bits per heavy atom. The van der Waals surface area contributed by atoms with Crippen molar-refractivity contribution in [1.82, 2.24) is 0 Å². The summed E-state index contributed by atoms with van der Waals surface area (Å²) >= 11 is 0. The molecule has 0 atom stereocenters. The zero-order valence-electron chi connectivity index (χ0n) is 23.5. The third kappa shape index (κ3) is 4.73. The van der Waals surface area contributed by atoms with Crippen LogP contribution in [-0.4, -0.2) is 11.8 Å². The van der Waals surface area contributed by atoms with Crippen LogP contribution in [0.2, 0.25) is 0 Å². The Kier molecular flexibility index (Phi) is 6.84. The molecule has 2 saturated carbocycles. The standard InChI is InChI=1S/C30H36F8N2/c1-25(2,3)21-13-17(11-19(23(21)39)15-7-8-15)27(31,32)29(35,36)30(37,38)28(33,34)18-12-20(16-9-10-16)24(40)22(14-18)26(4,5)6/h11-16H,7-10,39-40H2,1-6H3. The van der Waals surface area contributed by atoms with E-state index in [0.29, 0.717) is 49.9 Å². The quantitative estimate of drug-likeness (QED) is 0.255. The Hall–Kier alpha value is -2.52. The zero-order chi connectivity index (χ0) is 30.4. The van der Waals surface area contributed by atoms with Crippen molar-refractivity contribution in [2.24, 2.45) is 0 Å². The zero-order valence-corrected chi connectivity index (χ0v) is 23.5. The Bertz CT molecular complexity index is 1210. The van der Waals surface area contributed by atoms with Crippen LogP contribution in [-0.2, 0) is 22.7 Å². The molecule has 2 nitrogen and oxygen atoms in total. The van der Waals surface area contributed by atoms with E-state index in [9.17, 15) is 0 Å². The first-order chi connectivity index (χ1) is 18.0. The minimum Gasteiger partial charge on any atom is -0.398 e. The molecule has 10 heteroatoms. The van der Waals surface area contributed by atoms with Crippen LogP contribution in [0.1, 0.15) is 112 Å². The largest absolute Gasteiger partial charge is 0.398 e. The second kappa shape index (κ2) is 8.99. The van der Waals surface area contributed by atoms with Crippen molar-refractivity contribution in [1.29, 1.82) is 0 Å². The van der Waals surface area contributed by atoms with Gasteiger partial charge in [0.25, 0.3) is 0 Å². The lowest BCUT2D eigenvalue weighted by Crippen LogP contribution is -2.59. The van der Waals surface area contributed by atoms with Crippen molar-refractivity contribution in [3.05, 3.63) is 57.6 Å². The van der Waals surface area contributed by atoms with Crippen molar-refractivity contribution in [3.63, 3.8) is 0 Å². The summed E-state index contributed by atoms with van der Waals surface area (Å²) in [6.07, 6.45) is 2.24. The lowest BCUT2D eigenvalue weighted by molar-refractivity contribution is -0.374. The minimum atomic E-state index is -6.47. The summed E-state index contributed by atoms with van der Waals surface area (Å²) in [7, 11) is 0. The molecule has 0 amide bonds. The number of rotatable bonds is 7. The number of halogens is 8. The molecule has 0 spiro atoms. The number of alkyl halides is 8. The van der Waals surface area contributed by atoms with Gasteiger partial charge in [-0.25, -0.2) is 0 Å². The molecule has 0 unspecified atom stereocenters. The van der Waals surface area contributed by atoms with E-state index in [1.54, 1.807) is 41.5 Å². The molecular weight excluding hydrogens is 540 g/mol. The summed E-state index contributed by atoms with van der Waals surface area (Å²) in [6.45, 7) is 9.60. The van der Waals surface area contributed by atoms with Gasteiger partial charge < -0.3 is 11.5 Å². The van der Waals surface area contributed by atoms with Crippen LogP contribution in [0.15, 0.2) is 24.3 Å². The first-order valence-corrected chi connectivity index (χ1v) is 13.4. The van der Waals surface area contributed by atoms with Gasteiger partial charge in [0.1, 0.15) is 0 Å². The molecule has 222 valence electrons. The van der Waals surface area contributed by atoms with Crippen LogP contribution in [0.25, 0.3) is 0 Å². The van der Waals surface area contributed by atoms with Gasteiger partial charge in [0, 0.05) is 22.5 Å². The van der Waals surface area contributed by atoms with Crippen molar-refractivity contribution >= 4 is 11.4 Å². The highest BCUT2D eigenvalue weighted by Gasteiger charge is 2.81. The SMILES string of the molecule is CC(C)(C)c1cc(C(F)(F)C(F)(F)C(F)(F)C(F)(F)c2cc(C3CC3)c(N)c(C(C)(C)C)c2)cc(C2CC2)c1N. The number of nitrogens with two attached hydrogens (primary N) is 2. The number of hydrogen-bond acceptors (Lipinski definition) is 2. The summed E-state index contributed by atoms with van der Waals surface area (Å²) in [5.74, 6) is -24.8. The monoisotopic (exact) mass is 576 g/mol. The van der Waals surface area contributed by atoms with Gasteiger partial charge in [-0.1, -0.05) is 41.5 Å². The molecule has 0 radical (unpaired) electrons. The molecule has 40 heavy (non-hydrogen) atoms. The summed E-state index contributed by atoms with van der Waals surface area (Å²) in [5.41, 5.74) is 8.15. The average molecular weight is 577 g/mol. The van der Waals surface area contributed by atoms with E-state index in [0.717, 1.165) is 0 Å². The highest BCUT2D eigenvalue weighted by molar-refractivity contribution is 5.62. The fourth-order valence-corrected chi connectivity index (χ4v) is 5.18. The molecular formula is C30H36F8N2. The second-order valence-electron chi connectivity index (χ2n) is 13.4. The van der Waals surface area contributed by atoms with E-state index in [-0.39, 0.29) is 45.5 Å². The maximum Gasteiger partial charge on any atom is 0.382 e. The molecule has 0 saturated heterocycles. The average Bonchev–Trinajstić information content (AvgIpc) is 3.71. The minimum absolute atomic E-state index is 0.0554. The van der Waals surface area contributed by atoms with E-state index in [2.05, 4.69) is 0 Å². The van der Waals surface area contributed by atoms with Crippen molar-refractivity contribution in [3.8, 4) is 0 Å². The summed E-state index contributed by atoms with van der Waals surface area (Å²) < 4.78 is 124. The smallest absolute Gasteiger partial charge is 0.382 e. The Morgan fingerprint density at radius 3 is 1.02 bits per heavy atom. The van der Waals surface area contributed by atoms with Gasteiger partial charge in [-0.05, 0) is 94.9 Å². The number of anilines is 2. The normalized spacial score (nSPS) is 17.9. The Morgan fingerprint density at radius 1 is 0.525 bits per heavy atom. The molecule has 2 fully saturated rings. The maximum absolute atomic E-state index is 15.6. The predicted octanol–water partition coefficient (Wildman–Crippen LogP) is 9.36. The van der Waals surface area contributed by atoms with Crippen LogP contribution >= 0.6 is 0 Å². The summed E-state index contributed by atoms with van der Waals surface area (Å²) in [6, 6.07) is 2.60. The third-order valence-electron chi connectivity index (χ3n) is 7.98. The molecule has 2 aliphatic carbocycles. The van der Waals surface area contributed by atoms with E-state index >= 15 is 35.1 Å². The Balaban J connectivity index is 1.86. The highest BCUT2D eigenvalue weighted by atomic mass is 19.4. The van der Waals surface area contributed by atoms with Crippen LogP contribution in [0, 0.1) is 0 Å². The molecule has 4 N–H and O–H groups in total. The number of hydrogen-bond donors (Lipinski definition) is 2. The molecule has 0 aliphatic heterocycles. The lowest BCUT2D eigenvalue weighted by Gasteiger charge is -2.38. The van der Waals surface area contributed by atoms with Crippen LogP contribution in [0.4, 0.5) is 46.5 Å². The summed E-state index contributed by atoms with van der Waals surface area (Å²) in [4.78, 5) is 0. The number of nitrogen functional groups attached to an aromatic ring is 2. The molecule has 0 bridgehead atoms. The van der Waals surface area contributed by atoms with Gasteiger partial charge in [0.15, 0.2) is 0 Å². The van der Waals surface area contributed by atoms with E-state index < -0.39 is 45.6 Å². The van der Waals surface area contributed by atoms with Crippen molar-refractivity contribution in [2.75, 3.05) is 11.5 Å². The topological polar surface area (TPSA) is 52.0 Å². The maximum atomic E-state index is 15.6. The van der Waals surface area contributed by atoms with E-state index in [4.69, 9.17) is 11.5 Å². The molecule has 0 aromatic heterocycles. The van der Waals surface area contributed by atoms with Gasteiger partial charge >= 0.3 is 23.7 Å². The van der Waals surface area contributed by atoms with Crippen LogP contribution < -0.4 is 11.5 Å². The Labute approximate surface area is 229 Å². The number of benzene rings is 2. The molecule has 2 aliphatic rings.